The number of anilines is 1. The molecule has 0 aliphatic heterocycles. The van der Waals surface area contributed by atoms with Gasteiger partial charge in [0.15, 0.2) is 10.2 Å². The molecule has 1 aliphatic carbocycles. The van der Waals surface area contributed by atoms with E-state index in [1.165, 1.54) is 32.1 Å². The lowest BCUT2D eigenvalue weighted by atomic mass is 9.96. The van der Waals surface area contributed by atoms with E-state index in [9.17, 15) is 0 Å². The Kier molecular flexibility index (Phi) is 3.91. The van der Waals surface area contributed by atoms with Crippen molar-refractivity contribution < 1.29 is 0 Å². The van der Waals surface area contributed by atoms with Gasteiger partial charge in [0.2, 0.25) is 0 Å². The first-order valence-corrected chi connectivity index (χ1v) is 6.60. The Morgan fingerprint density at radius 3 is 2.87 bits per heavy atom. The first-order chi connectivity index (χ1) is 7.34. The molecule has 0 aromatic carbocycles. The molecule has 3 nitrogen and oxygen atoms in total. The van der Waals surface area contributed by atoms with Gasteiger partial charge < -0.3 is 10.6 Å². The first-order valence-electron chi connectivity index (χ1n) is 5.31. The molecule has 1 aromatic heterocycles. The Labute approximate surface area is 99.3 Å². The lowest BCUT2D eigenvalue weighted by Crippen LogP contribution is -2.38. The average molecular weight is 241 g/mol. The molecule has 5 heteroatoms. The monoisotopic (exact) mass is 241 g/mol. The zero-order valence-corrected chi connectivity index (χ0v) is 10.2. The molecule has 1 aliphatic rings. The molecule has 2 rings (SSSR count). The second kappa shape index (κ2) is 5.42. The Morgan fingerprint density at radius 1 is 1.40 bits per heavy atom. The fourth-order valence-corrected chi connectivity index (χ4v) is 2.71. The summed E-state index contributed by atoms with van der Waals surface area (Å²) < 4.78 is 0. The molecule has 2 N–H and O–H groups in total. The van der Waals surface area contributed by atoms with E-state index in [0.29, 0.717) is 11.2 Å². The largest absolute Gasteiger partial charge is 0.360 e. The van der Waals surface area contributed by atoms with Gasteiger partial charge in [-0.1, -0.05) is 19.3 Å². The molecule has 1 fully saturated rings. The third-order valence-electron chi connectivity index (χ3n) is 2.59. The van der Waals surface area contributed by atoms with Gasteiger partial charge in [-0.2, -0.15) is 0 Å². The minimum Gasteiger partial charge on any atom is -0.360 e. The van der Waals surface area contributed by atoms with E-state index in [0.717, 1.165) is 5.13 Å². The van der Waals surface area contributed by atoms with Crippen LogP contribution in [0.25, 0.3) is 0 Å². The molecule has 82 valence electrons. The molecule has 0 unspecified atom stereocenters. The second-order valence-corrected chi connectivity index (χ2v) is 5.07. The van der Waals surface area contributed by atoms with Gasteiger partial charge in [0.1, 0.15) is 0 Å². The second-order valence-electron chi connectivity index (χ2n) is 3.77. The zero-order valence-electron chi connectivity index (χ0n) is 8.53. The highest BCUT2D eigenvalue weighted by molar-refractivity contribution is 7.80. The topological polar surface area (TPSA) is 37.0 Å². The van der Waals surface area contributed by atoms with Gasteiger partial charge in [0, 0.05) is 17.6 Å². The summed E-state index contributed by atoms with van der Waals surface area (Å²) in [4.78, 5) is 4.13. The molecule has 0 spiro atoms. The lowest BCUT2D eigenvalue weighted by Gasteiger charge is -2.23. The van der Waals surface area contributed by atoms with E-state index in [2.05, 4.69) is 15.6 Å². The fraction of sp³-hybridized carbons (Fsp3) is 0.600. The van der Waals surface area contributed by atoms with Crippen LogP contribution in [0.15, 0.2) is 11.6 Å². The third-order valence-corrected chi connectivity index (χ3v) is 3.50. The number of aromatic nitrogens is 1. The number of thiazole rings is 1. The number of hydrogen-bond donors (Lipinski definition) is 2. The van der Waals surface area contributed by atoms with E-state index in [1.807, 2.05) is 5.38 Å². The summed E-state index contributed by atoms with van der Waals surface area (Å²) in [5.41, 5.74) is 0. The van der Waals surface area contributed by atoms with Crippen molar-refractivity contribution in [2.45, 2.75) is 38.1 Å². The average Bonchev–Trinajstić information content (AvgIpc) is 2.71. The van der Waals surface area contributed by atoms with Crippen LogP contribution in [0.3, 0.4) is 0 Å². The predicted molar refractivity (Wildman–Crippen MR) is 68.3 cm³/mol. The van der Waals surface area contributed by atoms with Gasteiger partial charge in [0.25, 0.3) is 0 Å². The highest BCUT2D eigenvalue weighted by Crippen LogP contribution is 2.17. The molecule has 1 aromatic rings. The van der Waals surface area contributed by atoms with Crippen molar-refractivity contribution in [3.8, 4) is 0 Å². The molecular formula is C10H15N3S2. The van der Waals surface area contributed by atoms with Gasteiger partial charge in [-0.05, 0) is 25.1 Å². The van der Waals surface area contributed by atoms with Gasteiger partial charge >= 0.3 is 0 Å². The van der Waals surface area contributed by atoms with Gasteiger partial charge in [-0.15, -0.1) is 11.3 Å². The molecule has 1 heterocycles. The zero-order chi connectivity index (χ0) is 10.5. The van der Waals surface area contributed by atoms with Crippen molar-refractivity contribution in [2.75, 3.05) is 5.32 Å². The van der Waals surface area contributed by atoms with Crippen molar-refractivity contribution in [3.63, 3.8) is 0 Å². The van der Waals surface area contributed by atoms with Crippen LogP contribution in [-0.2, 0) is 0 Å². The maximum absolute atomic E-state index is 5.23. The molecule has 0 saturated heterocycles. The standard InChI is InChI=1S/C10H15N3S2/c14-9(13-10-11-6-7-15-10)12-8-4-2-1-3-5-8/h6-8H,1-5H2,(H2,11,12,13,14). The highest BCUT2D eigenvalue weighted by atomic mass is 32.1. The van der Waals surface area contributed by atoms with Crippen LogP contribution >= 0.6 is 23.6 Å². The van der Waals surface area contributed by atoms with E-state index in [1.54, 1.807) is 17.5 Å². The molecule has 1 saturated carbocycles. The lowest BCUT2D eigenvalue weighted by molar-refractivity contribution is 0.415. The van der Waals surface area contributed by atoms with Crippen molar-refractivity contribution in [3.05, 3.63) is 11.6 Å². The van der Waals surface area contributed by atoms with Crippen molar-refractivity contribution in [2.24, 2.45) is 0 Å². The molecule has 0 radical (unpaired) electrons. The van der Waals surface area contributed by atoms with E-state index in [-0.39, 0.29) is 0 Å². The summed E-state index contributed by atoms with van der Waals surface area (Å²) in [5, 5.41) is 9.95. The maximum atomic E-state index is 5.23. The molecule has 15 heavy (non-hydrogen) atoms. The Bertz CT molecular complexity index is 304. The summed E-state index contributed by atoms with van der Waals surface area (Å²) in [6.07, 6.45) is 8.25. The maximum Gasteiger partial charge on any atom is 0.188 e. The fourth-order valence-electron chi connectivity index (χ4n) is 1.85. The molecule has 0 atom stereocenters. The summed E-state index contributed by atoms with van der Waals surface area (Å²) in [6, 6.07) is 0.554. The van der Waals surface area contributed by atoms with E-state index >= 15 is 0 Å². The normalized spacial score (nSPS) is 17.3. The molecule has 0 amide bonds. The van der Waals surface area contributed by atoms with Gasteiger partial charge in [-0.25, -0.2) is 4.98 Å². The van der Waals surface area contributed by atoms with Crippen molar-refractivity contribution >= 4 is 33.8 Å². The quantitative estimate of drug-likeness (QED) is 0.781. The van der Waals surface area contributed by atoms with E-state index < -0.39 is 0 Å². The van der Waals surface area contributed by atoms with Crippen LogP contribution in [-0.4, -0.2) is 16.1 Å². The number of thiocarbonyl (C=S) groups is 1. The van der Waals surface area contributed by atoms with Crippen molar-refractivity contribution in [1.29, 1.82) is 0 Å². The molecular weight excluding hydrogens is 226 g/mol. The number of nitrogens with zero attached hydrogens (tertiary/aromatic N) is 1. The van der Waals surface area contributed by atoms with Crippen LogP contribution in [0.1, 0.15) is 32.1 Å². The van der Waals surface area contributed by atoms with Gasteiger partial charge in [0.05, 0.1) is 0 Å². The minimum absolute atomic E-state index is 0.554. The summed E-state index contributed by atoms with van der Waals surface area (Å²) in [5.74, 6) is 0. The van der Waals surface area contributed by atoms with Crippen LogP contribution in [0.2, 0.25) is 0 Å². The van der Waals surface area contributed by atoms with Gasteiger partial charge in [-0.3, -0.25) is 0 Å². The summed E-state index contributed by atoms with van der Waals surface area (Å²) in [7, 11) is 0. The minimum atomic E-state index is 0.554. The van der Waals surface area contributed by atoms with Crippen LogP contribution in [0.4, 0.5) is 5.13 Å². The first kappa shape index (κ1) is 10.8. The summed E-state index contributed by atoms with van der Waals surface area (Å²) in [6.45, 7) is 0. The number of hydrogen-bond acceptors (Lipinski definition) is 3. The number of nitrogens with one attached hydrogen (secondary N) is 2. The Balaban J connectivity index is 1.76. The van der Waals surface area contributed by atoms with Crippen molar-refractivity contribution in [1.82, 2.24) is 10.3 Å². The van der Waals surface area contributed by atoms with E-state index in [4.69, 9.17) is 12.2 Å². The SMILES string of the molecule is S=C(Nc1nccs1)NC1CCCCC1. The Morgan fingerprint density at radius 2 is 2.20 bits per heavy atom. The smallest absolute Gasteiger partial charge is 0.188 e. The third kappa shape index (κ3) is 3.43. The highest BCUT2D eigenvalue weighted by Gasteiger charge is 2.13. The summed E-state index contributed by atoms with van der Waals surface area (Å²) >= 11 is 6.79. The predicted octanol–water partition coefficient (Wildman–Crippen LogP) is 2.76. The van der Waals surface area contributed by atoms with Crippen LogP contribution in [0, 0.1) is 0 Å². The Hall–Kier alpha value is -0.680. The van der Waals surface area contributed by atoms with Crippen LogP contribution < -0.4 is 10.6 Å². The molecule has 0 bridgehead atoms. The van der Waals surface area contributed by atoms with Crippen LogP contribution in [0.5, 0.6) is 0 Å². The number of rotatable bonds is 2.